The van der Waals surface area contributed by atoms with Crippen molar-refractivity contribution in [3.8, 4) is 0 Å². The van der Waals surface area contributed by atoms with Crippen LogP contribution in [0.3, 0.4) is 0 Å². The van der Waals surface area contributed by atoms with Crippen molar-refractivity contribution >= 4 is 30.9 Å². The second kappa shape index (κ2) is 7.71. The van der Waals surface area contributed by atoms with E-state index >= 15 is 0 Å². The standard InChI is InChI=1S/C16H36O5Si3/c1-11-12-13(19-22(2,3)4)14(20-23(5,6)7)15(16(17)18-12)21-24(8,9)10/h12-15H,11H2,1-10H3/t12-,13-,14+,15-/m1/s1. The Morgan fingerprint density at radius 1 is 0.792 bits per heavy atom. The minimum atomic E-state index is -1.93. The average Bonchev–Trinajstić information content (AvgIpc) is 2.32. The number of ether oxygens (including phenoxy) is 1. The van der Waals surface area contributed by atoms with E-state index in [9.17, 15) is 4.79 Å². The van der Waals surface area contributed by atoms with Gasteiger partial charge >= 0.3 is 5.97 Å². The van der Waals surface area contributed by atoms with Gasteiger partial charge in [-0.2, -0.15) is 0 Å². The van der Waals surface area contributed by atoms with E-state index in [2.05, 4.69) is 58.9 Å². The van der Waals surface area contributed by atoms with E-state index in [4.69, 9.17) is 18.0 Å². The first-order chi connectivity index (χ1) is 10.6. The molecule has 1 heterocycles. The van der Waals surface area contributed by atoms with E-state index in [-0.39, 0.29) is 24.3 Å². The SMILES string of the molecule is CC[C@H]1OC(=O)[C@H](O[Si](C)(C)C)[C@@H](O[Si](C)(C)C)[C@@H]1O[Si](C)(C)C. The Hall–Kier alpha value is 0.000649. The summed E-state index contributed by atoms with van der Waals surface area (Å²) in [5.41, 5.74) is 0. The van der Waals surface area contributed by atoms with Crippen LogP contribution in [0, 0.1) is 0 Å². The Labute approximate surface area is 150 Å². The molecule has 24 heavy (non-hydrogen) atoms. The van der Waals surface area contributed by atoms with E-state index in [1.165, 1.54) is 0 Å². The molecule has 0 radical (unpaired) electrons. The third kappa shape index (κ3) is 7.09. The first kappa shape index (κ1) is 22.0. The Bertz CT molecular complexity index is 436. The van der Waals surface area contributed by atoms with Gasteiger partial charge in [-0.3, -0.25) is 0 Å². The molecule has 1 fully saturated rings. The Morgan fingerprint density at radius 2 is 1.21 bits per heavy atom. The molecule has 5 nitrogen and oxygen atoms in total. The van der Waals surface area contributed by atoms with Crippen molar-refractivity contribution in [3.05, 3.63) is 0 Å². The molecule has 0 bridgehead atoms. The zero-order chi connectivity index (χ0) is 18.9. The molecular formula is C16H36O5Si3. The molecule has 0 N–H and O–H groups in total. The maximum Gasteiger partial charge on any atom is 0.337 e. The molecule has 4 atom stereocenters. The minimum Gasteiger partial charge on any atom is -0.458 e. The smallest absolute Gasteiger partial charge is 0.337 e. The number of carbonyl (C=O) groups excluding carboxylic acids is 1. The van der Waals surface area contributed by atoms with Crippen molar-refractivity contribution in [2.75, 3.05) is 0 Å². The lowest BCUT2D eigenvalue weighted by atomic mass is 9.98. The first-order valence-corrected chi connectivity index (χ1v) is 19.1. The third-order valence-corrected chi connectivity index (χ3v) is 6.27. The molecule has 0 aromatic rings. The number of rotatable bonds is 7. The van der Waals surface area contributed by atoms with Gasteiger partial charge in [0.1, 0.15) is 18.3 Å². The quantitative estimate of drug-likeness (QED) is 0.484. The van der Waals surface area contributed by atoms with Crippen LogP contribution < -0.4 is 0 Å². The van der Waals surface area contributed by atoms with Crippen LogP contribution in [0.5, 0.6) is 0 Å². The summed E-state index contributed by atoms with van der Waals surface area (Å²) < 4.78 is 24.7. The van der Waals surface area contributed by atoms with Gasteiger partial charge < -0.3 is 18.0 Å². The summed E-state index contributed by atoms with van der Waals surface area (Å²) in [4.78, 5) is 12.6. The number of carbonyl (C=O) groups is 1. The van der Waals surface area contributed by atoms with Crippen LogP contribution in [0.2, 0.25) is 58.9 Å². The zero-order valence-corrected chi connectivity index (χ0v) is 20.1. The fourth-order valence-electron chi connectivity index (χ4n) is 2.70. The van der Waals surface area contributed by atoms with Gasteiger partial charge in [0.25, 0.3) is 0 Å². The summed E-state index contributed by atoms with van der Waals surface area (Å²) in [5.74, 6) is -0.303. The summed E-state index contributed by atoms with van der Waals surface area (Å²) in [6.45, 7) is 21.1. The topological polar surface area (TPSA) is 54.0 Å². The van der Waals surface area contributed by atoms with Gasteiger partial charge in [-0.1, -0.05) is 6.92 Å². The lowest BCUT2D eigenvalue weighted by Crippen LogP contribution is -2.63. The van der Waals surface area contributed by atoms with Crippen molar-refractivity contribution in [1.82, 2.24) is 0 Å². The van der Waals surface area contributed by atoms with Gasteiger partial charge in [0.15, 0.2) is 31.1 Å². The van der Waals surface area contributed by atoms with Crippen LogP contribution >= 0.6 is 0 Å². The Balaban J connectivity index is 3.23. The van der Waals surface area contributed by atoms with E-state index in [1.54, 1.807) is 0 Å². The fraction of sp³-hybridized carbons (Fsp3) is 0.938. The van der Waals surface area contributed by atoms with E-state index in [0.717, 1.165) is 0 Å². The van der Waals surface area contributed by atoms with Crippen LogP contribution in [-0.4, -0.2) is 55.3 Å². The van der Waals surface area contributed by atoms with Crippen molar-refractivity contribution in [2.24, 2.45) is 0 Å². The number of hydrogen-bond acceptors (Lipinski definition) is 5. The summed E-state index contributed by atoms with van der Waals surface area (Å²) >= 11 is 0. The van der Waals surface area contributed by atoms with Crippen LogP contribution in [0.4, 0.5) is 0 Å². The molecular weight excluding hydrogens is 356 g/mol. The molecule has 0 unspecified atom stereocenters. The van der Waals surface area contributed by atoms with Gasteiger partial charge in [0.2, 0.25) is 0 Å². The molecule has 1 saturated heterocycles. The van der Waals surface area contributed by atoms with Crippen molar-refractivity contribution < 1.29 is 22.8 Å². The zero-order valence-electron chi connectivity index (χ0n) is 17.1. The van der Waals surface area contributed by atoms with Crippen LogP contribution in [-0.2, 0) is 22.8 Å². The van der Waals surface area contributed by atoms with Crippen molar-refractivity contribution in [3.63, 3.8) is 0 Å². The van der Waals surface area contributed by atoms with Crippen molar-refractivity contribution in [2.45, 2.75) is 96.7 Å². The molecule has 0 spiro atoms. The second-order valence-corrected chi connectivity index (χ2v) is 22.8. The molecule has 0 saturated carbocycles. The molecule has 8 heteroatoms. The normalized spacial score (nSPS) is 29.5. The number of cyclic esters (lactones) is 1. The van der Waals surface area contributed by atoms with Crippen LogP contribution in [0.1, 0.15) is 13.3 Å². The monoisotopic (exact) mass is 392 g/mol. The highest BCUT2D eigenvalue weighted by molar-refractivity contribution is 6.70. The molecule has 142 valence electrons. The lowest BCUT2D eigenvalue weighted by molar-refractivity contribution is -0.194. The molecule has 0 aliphatic carbocycles. The molecule has 0 amide bonds. The molecule has 1 rings (SSSR count). The molecule has 1 aliphatic rings. The van der Waals surface area contributed by atoms with Crippen LogP contribution in [0.25, 0.3) is 0 Å². The Kier molecular flexibility index (Phi) is 7.08. The van der Waals surface area contributed by atoms with Gasteiger partial charge in [-0.15, -0.1) is 0 Å². The summed E-state index contributed by atoms with van der Waals surface area (Å²) in [7, 11) is -5.65. The van der Waals surface area contributed by atoms with Gasteiger partial charge in [0.05, 0.1) is 0 Å². The van der Waals surface area contributed by atoms with Gasteiger partial charge in [-0.25, -0.2) is 4.79 Å². The third-order valence-electron chi connectivity index (χ3n) is 3.35. The average molecular weight is 393 g/mol. The summed E-state index contributed by atoms with van der Waals surface area (Å²) in [5, 5.41) is 0. The number of hydrogen-bond donors (Lipinski definition) is 0. The number of esters is 1. The predicted octanol–water partition coefficient (Wildman–Crippen LogP) is 3.98. The summed E-state index contributed by atoms with van der Waals surface area (Å²) in [6, 6.07) is 0. The van der Waals surface area contributed by atoms with E-state index < -0.39 is 31.1 Å². The maximum absolute atomic E-state index is 12.6. The van der Waals surface area contributed by atoms with Crippen molar-refractivity contribution in [1.29, 1.82) is 0 Å². The maximum atomic E-state index is 12.6. The van der Waals surface area contributed by atoms with E-state index in [0.29, 0.717) is 6.42 Å². The second-order valence-electron chi connectivity index (χ2n) is 9.42. The Morgan fingerprint density at radius 3 is 1.58 bits per heavy atom. The van der Waals surface area contributed by atoms with E-state index in [1.807, 2.05) is 6.92 Å². The summed E-state index contributed by atoms with van der Waals surface area (Å²) in [6.07, 6.45) is -0.889. The molecule has 0 aromatic heterocycles. The highest BCUT2D eigenvalue weighted by atomic mass is 28.4. The predicted molar refractivity (Wildman–Crippen MR) is 105 cm³/mol. The van der Waals surface area contributed by atoms with Gasteiger partial charge in [-0.05, 0) is 65.3 Å². The minimum absolute atomic E-state index is 0.257. The fourth-order valence-corrected chi connectivity index (χ4v) is 5.87. The largest absolute Gasteiger partial charge is 0.458 e. The van der Waals surface area contributed by atoms with Gasteiger partial charge in [0, 0.05) is 0 Å². The lowest BCUT2D eigenvalue weighted by Gasteiger charge is -2.46. The molecule has 0 aromatic carbocycles. The van der Waals surface area contributed by atoms with Crippen LogP contribution in [0.15, 0.2) is 0 Å². The first-order valence-electron chi connectivity index (χ1n) is 8.87. The highest BCUT2D eigenvalue weighted by Gasteiger charge is 2.51. The highest BCUT2D eigenvalue weighted by Crippen LogP contribution is 2.31. The molecule has 1 aliphatic heterocycles.